The van der Waals surface area contributed by atoms with E-state index in [2.05, 4.69) is 10.1 Å². The summed E-state index contributed by atoms with van der Waals surface area (Å²) < 4.78 is 17.2. The Balaban J connectivity index is 1.33. The Morgan fingerprint density at radius 2 is 2.23 bits per heavy atom. The minimum atomic E-state index is -0.290. The normalized spacial score (nSPS) is 21.6. The average molecular weight is 357 g/mol. The molecule has 0 aliphatic carbocycles. The molecule has 2 saturated heterocycles. The first kappa shape index (κ1) is 17.2. The zero-order chi connectivity index (χ0) is 18.1. The third-order valence-corrected chi connectivity index (χ3v) is 5.13. The molecular formula is C19H23N3O4. The number of amides is 1. The predicted molar refractivity (Wildman–Crippen MR) is 92.6 cm³/mol. The number of rotatable bonds is 4. The Labute approximate surface area is 152 Å². The first-order valence-corrected chi connectivity index (χ1v) is 8.94. The van der Waals surface area contributed by atoms with E-state index in [1.54, 1.807) is 24.9 Å². The van der Waals surface area contributed by atoms with Crippen LogP contribution in [0.1, 0.15) is 40.3 Å². The lowest BCUT2D eigenvalue weighted by Gasteiger charge is -2.52. The van der Waals surface area contributed by atoms with Crippen molar-refractivity contribution in [1.29, 1.82) is 0 Å². The third-order valence-electron chi connectivity index (χ3n) is 5.13. The van der Waals surface area contributed by atoms with Gasteiger partial charge in [-0.2, -0.15) is 0 Å². The van der Waals surface area contributed by atoms with Crippen molar-refractivity contribution in [2.24, 2.45) is 0 Å². The molecule has 26 heavy (non-hydrogen) atoms. The van der Waals surface area contributed by atoms with Crippen LogP contribution in [0, 0.1) is 13.8 Å². The number of aromatic nitrogens is 2. The van der Waals surface area contributed by atoms with Crippen LogP contribution in [0.5, 0.6) is 0 Å². The highest BCUT2D eigenvalue weighted by Crippen LogP contribution is 2.36. The van der Waals surface area contributed by atoms with E-state index in [9.17, 15) is 4.79 Å². The van der Waals surface area contributed by atoms with Gasteiger partial charge in [-0.05, 0) is 32.4 Å². The molecule has 138 valence electrons. The number of nitrogens with zero attached hydrogens (tertiary/aromatic N) is 3. The standard InChI is InChI=1S/C19H23N3O4/c1-13-17(14(2)26-21-13)18(23)22-11-19(12-22)9-16(6-8-25-19)24-10-15-5-3-4-7-20-15/h3-5,7,16H,6,8-12H2,1-2H3. The highest BCUT2D eigenvalue weighted by molar-refractivity contribution is 5.96. The number of carbonyl (C=O) groups excluding carboxylic acids is 1. The van der Waals surface area contributed by atoms with Crippen molar-refractivity contribution in [3.8, 4) is 0 Å². The number of hydrogen-bond donors (Lipinski definition) is 0. The predicted octanol–water partition coefficient (Wildman–Crippen LogP) is 2.28. The minimum absolute atomic E-state index is 0.0352. The maximum atomic E-state index is 12.7. The van der Waals surface area contributed by atoms with Gasteiger partial charge in [0.15, 0.2) is 0 Å². The Kier molecular flexibility index (Phi) is 4.50. The molecule has 1 atom stereocenters. The van der Waals surface area contributed by atoms with Crippen LogP contribution in [-0.2, 0) is 16.1 Å². The summed E-state index contributed by atoms with van der Waals surface area (Å²) in [5, 5.41) is 3.87. The third kappa shape index (κ3) is 3.24. The van der Waals surface area contributed by atoms with E-state index >= 15 is 0 Å². The molecule has 2 aromatic rings. The van der Waals surface area contributed by atoms with Crippen LogP contribution in [0.3, 0.4) is 0 Å². The summed E-state index contributed by atoms with van der Waals surface area (Å²) in [5.41, 5.74) is 1.84. The van der Waals surface area contributed by atoms with Gasteiger partial charge in [0.25, 0.3) is 5.91 Å². The van der Waals surface area contributed by atoms with Crippen LogP contribution in [-0.4, -0.2) is 52.3 Å². The summed E-state index contributed by atoms with van der Waals surface area (Å²) in [7, 11) is 0. The molecule has 7 heteroatoms. The summed E-state index contributed by atoms with van der Waals surface area (Å²) in [6, 6.07) is 5.82. The van der Waals surface area contributed by atoms with Gasteiger partial charge in [-0.25, -0.2) is 0 Å². The van der Waals surface area contributed by atoms with Crippen LogP contribution in [0.15, 0.2) is 28.9 Å². The molecule has 0 saturated carbocycles. The molecular weight excluding hydrogens is 334 g/mol. The van der Waals surface area contributed by atoms with Crippen molar-refractivity contribution in [3.05, 3.63) is 47.1 Å². The van der Waals surface area contributed by atoms with Gasteiger partial charge in [-0.3, -0.25) is 9.78 Å². The van der Waals surface area contributed by atoms with Crippen molar-refractivity contribution in [1.82, 2.24) is 15.0 Å². The Morgan fingerprint density at radius 3 is 2.92 bits per heavy atom. The lowest BCUT2D eigenvalue weighted by Crippen LogP contribution is -2.67. The zero-order valence-corrected chi connectivity index (χ0v) is 15.1. The SMILES string of the molecule is Cc1noc(C)c1C(=O)N1CC2(CC(OCc3ccccn3)CCO2)C1. The second-order valence-electron chi connectivity index (χ2n) is 7.14. The average Bonchev–Trinajstić information content (AvgIpc) is 2.97. The second kappa shape index (κ2) is 6.81. The van der Waals surface area contributed by atoms with Crippen molar-refractivity contribution < 1.29 is 18.8 Å². The lowest BCUT2D eigenvalue weighted by atomic mass is 9.84. The van der Waals surface area contributed by atoms with Gasteiger partial charge in [-0.15, -0.1) is 0 Å². The number of ether oxygens (including phenoxy) is 2. The topological polar surface area (TPSA) is 77.7 Å². The molecule has 1 amide bonds. The van der Waals surface area contributed by atoms with E-state index in [1.807, 2.05) is 18.2 Å². The second-order valence-corrected chi connectivity index (χ2v) is 7.14. The maximum Gasteiger partial charge on any atom is 0.259 e. The van der Waals surface area contributed by atoms with Gasteiger partial charge in [-0.1, -0.05) is 11.2 Å². The van der Waals surface area contributed by atoms with E-state index in [-0.39, 0.29) is 17.6 Å². The quantitative estimate of drug-likeness (QED) is 0.835. The van der Waals surface area contributed by atoms with Crippen LogP contribution in [0.25, 0.3) is 0 Å². The van der Waals surface area contributed by atoms with Crippen LogP contribution in [0.4, 0.5) is 0 Å². The maximum absolute atomic E-state index is 12.7. The molecule has 1 unspecified atom stereocenters. The molecule has 2 fully saturated rings. The van der Waals surface area contributed by atoms with Crippen molar-refractivity contribution in [2.45, 2.75) is 45.0 Å². The van der Waals surface area contributed by atoms with Crippen LogP contribution in [0.2, 0.25) is 0 Å². The summed E-state index contributed by atoms with van der Waals surface area (Å²) in [6.45, 7) is 5.88. The monoisotopic (exact) mass is 357 g/mol. The summed E-state index contributed by atoms with van der Waals surface area (Å²) in [5.74, 6) is 0.529. The van der Waals surface area contributed by atoms with Crippen molar-refractivity contribution in [2.75, 3.05) is 19.7 Å². The smallest absolute Gasteiger partial charge is 0.259 e. The first-order valence-electron chi connectivity index (χ1n) is 8.94. The Hall–Kier alpha value is -2.25. The van der Waals surface area contributed by atoms with Gasteiger partial charge < -0.3 is 18.9 Å². The first-order chi connectivity index (χ1) is 12.6. The van der Waals surface area contributed by atoms with Crippen molar-refractivity contribution >= 4 is 5.91 Å². The number of hydrogen-bond acceptors (Lipinski definition) is 6. The fraction of sp³-hybridized carbons (Fsp3) is 0.526. The van der Waals surface area contributed by atoms with E-state index < -0.39 is 0 Å². The Bertz CT molecular complexity index is 764. The van der Waals surface area contributed by atoms with E-state index in [0.717, 1.165) is 18.5 Å². The molecule has 4 heterocycles. The number of aryl methyl sites for hydroxylation is 2. The molecule has 1 spiro atoms. The number of pyridine rings is 1. The molecule has 0 radical (unpaired) electrons. The molecule has 2 aliphatic rings. The molecule has 0 N–H and O–H groups in total. The van der Waals surface area contributed by atoms with Gasteiger partial charge >= 0.3 is 0 Å². The van der Waals surface area contributed by atoms with Gasteiger partial charge in [0.05, 0.1) is 37.2 Å². The fourth-order valence-corrected chi connectivity index (χ4v) is 3.77. The van der Waals surface area contributed by atoms with E-state index in [1.165, 1.54) is 0 Å². The van der Waals surface area contributed by atoms with Crippen LogP contribution >= 0.6 is 0 Å². The number of carbonyl (C=O) groups is 1. The van der Waals surface area contributed by atoms with Gasteiger partial charge in [0, 0.05) is 19.2 Å². The molecule has 0 bridgehead atoms. The van der Waals surface area contributed by atoms with Gasteiger partial charge in [0.2, 0.25) is 0 Å². The fourth-order valence-electron chi connectivity index (χ4n) is 3.77. The lowest BCUT2D eigenvalue weighted by molar-refractivity contribution is -0.188. The van der Waals surface area contributed by atoms with E-state index in [4.69, 9.17) is 14.0 Å². The molecule has 2 aromatic heterocycles. The zero-order valence-electron chi connectivity index (χ0n) is 15.1. The summed E-state index contributed by atoms with van der Waals surface area (Å²) >= 11 is 0. The highest BCUT2D eigenvalue weighted by Gasteiger charge is 2.50. The van der Waals surface area contributed by atoms with Gasteiger partial charge in [0.1, 0.15) is 16.9 Å². The van der Waals surface area contributed by atoms with E-state index in [0.29, 0.717) is 43.3 Å². The molecule has 0 aromatic carbocycles. The minimum Gasteiger partial charge on any atom is -0.372 e. The summed E-state index contributed by atoms with van der Waals surface area (Å²) in [6.07, 6.45) is 3.56. The van der Waals surface area contributed by atoms with Crippen LogP contribution < -0.4 is 0 Å². The highest BCUT2D eigenvalue weighted by atomic mass is 16.5. The molecule has 7 nitrogen and oxygen atoms in total. The number of likely N-dealkylation sites (tertiary alicyclic amines) is 1. The summed E-state index contributed by atoms with van der Waals surface area (Å²) in [4.78, 5) is 18.8. The van der Waals surface area contributed by atoms with Crippen molar-refractivity contribution in [3.63, 3.8) is 0 Å². The Morgan fingerprint density at radius 1 is 1.38 bits per heavy atom. The molecule has 2 aliphatic heterocycles. The largest absolute Gasteiger partial charge is 0.372 e. The molecule has 4 rings (SSSR count).